The molecule has 1 aliphatic carbocycles. The van der Waals surface area contributed by atoms with Gasteiger partial charge in [0, 0.05) is 16.8 Å². The highest BCUT2D eigenvalue weighted by Crippen LogP contribution is 2.30. The minimum absolute atomic E-state index is 0.0417. The summed E-state index contributed by atoms with van der Waals surface area (Å²) in [7, 11) is 1.43. The predicted molar refractivity (Wildman–Crippen MR) is 128 cm³/mol. The molecule has 1 saturated carbocycles. The maximum absolute atomic E-state index is 12.9. The molecule has 0 aliphatic heterocycles. The predicted octanol–water partition coefficient (Wildman–Crippen LogP) is 4.27. The van der Waals surface area contributed by atoms with E-state index in [4.69, 9.17) is 11.6 Å². The second kappa shape index (κ2) is 9.42. The molecule has 0 atom stereocenters. The zero-order chi connectivity index (χ0) is 23.5. The van der Waals surface area contributed by atoms with E-state index in [1.54, 1.807) is 30.5 Å². The van der Waals surface area contributed by atoms with Crippen LogP contribution in [0, 0.1) is 12.8 Å². The number of aryl methyl sites for hydroxylation is 1. The van der Waals surface area contributed by atoms with Crippen LogP contribution in [0.2, 0.25) is 5.02 Å². The number of fused-ring (bicyclic) bond motifs is 1. The molecule has 33 heavy (non-hydrogen) atoms. The number of carbonyl (C=O) groups is 1. The standard InChI is InChI=1S/C20H14ClN3O2.C5H8O2/c1-12-8-9-22-11-18(12)24-19(25)15-7-6-13(10-17(15)23-20(24)26)14-4-2-3-5-16(14)21;1-7-5(6)4-2-3-4/h2-11H,1H3,(H,23,26);4H,2-3H2,1H3. The van der Waals surface area contributed by atoms with Crippen molar-refractivity contribution in [3.63, 3.8) is 0 Å². The van der Waals surface area contributed by atoms with E-state index in [2.05, 4.69) is 14.7 Å². The van der Waals surface area contributed by atoms with Gasteiger partial charge < -0.3 is 9.72 Å². The minimum Gasteiger partial charge on any atom is -0.469 e. The third-order valence-corrected chi connectivity index (χ3v) is 5.78. The molecule has 1 aliphatic rings. The van der Waals surface area contributed by atoms with Crippen LogP contribution in [0.4, 0.5) is 0 Å². The maximum Gasteiger partial charge on any atom is 0.333 e. The van der Waals surface area contributed by atoms with Crippen LogP contribution in [0.25, 0.3) is 27.7 Å². The molecule has 2 heterocycles. The summed E-state index contributed by atoms with van der Waals surface area (Å²) in [6.07, 6.45) is 5.20. The normalized spacial score (nSPS) is 12.7. The van der Waals surface area contributed by atoms with Gasteiger partial charge in [-0.1, -0.05) is 35.9 Å². The summed E-state index contributed by atoms with van der Waals surface area (Å²) >= 11 is 6.25. The number of aromatic amines is 1. The monoisotopic (exact) mass is 463 g/mol. The van der Waals surface area contributed by atoms with Gasteiger partial charge in [0.05, 0.1) is 35.8 Å². The van der Waals surface area contributed by atoms with E-state index < -0.39 is 5.69 Å². The Balaban J connectivity index is 0.000000318. The third-order valence-electron chi connectivity index (χ3n) is 5.45. The van der Waals surface area contributed by atoms with E-state index in [0.717, 1.165) is 34.1 Å². The van der Waals surface area contributed by atoms with Crippen molar-refractivity contribution in [1.29, 1.82) is 0 Å². The van der Waals surface area contributed by atoms with Crippen molar-refractivity contribution in [1.82, 2.24) is 14.5 Å². The number of H-pyrrole nitrogens is 1. The molecule has 8 heteroatoms. The van der Waals surface area contributed by atoms with Gasteiger partial charge in [0.15, 0.2) is 0 Å². The Labute approximate surface area is 194 Å². The number of ether oxygens (including phenoxy) is 1. The van der Waals surface area contributed by atoms with E-state index in [9.17, 15) is 14.4 Å². The molecule has 7 nitrogen and oxygen atoms in total. The Morgan fingerprint density at radius 3 is 2.55 bits per heavy atom. The summed E-state index contributed by atoms with van der Waals surface area (Å²) in [5.74, 6) is 0.213. The SMILES string of the molecule is COC(=O)C1CC1.Cc1ccncc1-n1c(=O)[nH]c2cc(-c3ccccc3Cl)ccc2c1=O. The summed E-state index contributed by atoms with van der Waals surface area (Å²) < 4.78 is 5.55. The summed E-state index contributed by atoms with van der Waals surface area (Å²) in [6.45, 7) is 1.83. The van der Waals surface area contributed by atoms with Crippen molar-refractivity contribution in [2.45, 2.75) is 19.8 Å². The summed E-state index contributed by atoms with van der Waals surface area (Å²) in [5, 5.41) is 1.03. The first kappa shape index (κ1) is 22.5. The van der Waals surface area contributed by atoms with Crippen LogP contribution in [-0.2, 0) is 9.53 Å². The van der Waals surface area contributed by atoms with E-state index in [1.807, 2.05) is 31.2 Å². The number of aromatic nitrogens is 3. The molecule has 0 saturated heterocycles. The van der Waals surface area contributed by atoms with Crippen LogP contribution in [-0.4, -0.2) is 27.6 Å². The maximum atomic E-state index is 12.9. The van der Waals surface area contributed by atoms with Crippen molar-refractivity contribution in [3.8, 4) is 16.8 Å². The molecule has 0 spiro atoms. The number of halogens is 1. The molecule has 168 valence electrons. The second-order valence-electron chi connectivity index (χ2n) is 7.77. The van der Waals surface area contributed by atoms with Gasteiger partial charge >= 0.3 is 11.7 Å². The average Bonchev–Trinajstić information content (AvgIpc) is 3.66. The highest BCUT2D eigenvalue weighted by molar-refractivity contribution is 6.33. The molecule has 1 fully saturated rings. The Kier molecular flexibility index (Phi) is 6.42. The zero-order valence-corrected chi connectivity index (χ0v) is 18.9. The number of methoxy groups -OCH3 is 1. The number of pyridine rings is 1. The molecule has 5 rings (SSSR count). The van der Waals surface area contributed by atoms with E-state index in [-0.39, 0.29) is 17.4 Å². The van der Waals surface area contributed by atoms with Crippen molar-refractivity contribution in [2.75, 3.05) is 7.11 Å². The Morgan fingerprint density at radius 1 is 1.15 bits per heavy atom. The number of esters is 1. The number of hydrogen-bond acceptors (Lipinski definition) is 5. The van der Waals surface area contributed by atoms with Gasteiger partial charge in [-0.2, -0.15) is 0 Å². The molecular formula is C25H22ClN3O4. The highest BCUT2D eigenvalue weighted by Gasteiger charge is 2.30. The fourth-order valence-corrected chi connectivity index (χ4v) is 3.72. The fraction of sp³-hybridized carbons (Fsp3) is 0.200. The smallest absolute Gasteiger partial charge is 0.333 e. The molecule has 1 N–H and O–H groups in total. The number of hydrogen-bond donors (Lipinski definition) is 1. The summed E-state index contributed by atoms with van der Waals surface area (Å²) in [6, 6.07) is 14.5. The van der Waals surface area contributed by atoms with Crippen molar-refractivity contribution < 1.29 is 9.53 Å². The Morgan fingerprint density at radius 2 is 1.91 bits per heavy atom. The zero-order valence-electron chi connectivity index (χ0n) is 18.2. The van der Waals surface area contributed by atoms with Crippen LogP contribution in [0.1, 0.15) is 18.4 Å². The van der Waals surface area contributed by atoms with Crippen LogP contribution in [0.15, 0.2) is 70.5 Å². The quantitative estimate of drug-likeness (QED) is 0.458. The van der Waals surface area contributed by atoms with E-state index >= 15 is 0 Å². The Hall–Kier alpha value is -3.71. The summed E-state index contributed by atoms with van der Waals surface area (Å²) in [4.78, 5) is 42.6. The van der Waals surface area contributed by atoms with Gasteiger partial charge in [-0.3, -0.25) is 14.6 Å². The van der Waals surface area contributed by atoms with Crippen LogP contribution >= 0.6 is 11.6 Å². The molecule has 2 aromatic heterocycles. The average molecular weight is 464 g/mol. The highest BCUT2D eigenvalue weighted by atomic mass is 35.5. The van der Waals surface area contributed by atoms with E-state index in [0.29, 0.717) is 21.6 Å². The van der Waals surface area contributed by atoms with Crippen molar-refractivity contribution in [3.05, 3.63) is 92.3 Å². The molecule has 4 aromatic rings. The summed E-state index contributed by atoms with van der Waals surface area (Å²) in [5.41, 5.74) is 2.50. The first-order valence-corrected chi connectivity index (χ1v) is 10.8. The fourth-order valence-electron chi connectivity index (χ4n) is 3.48. The number of benzene rings is 2. The number of nitrogens with zero attached hydrogens (tertiary/aromatic N) is 2. The van der Waals surface area contributed by atoms with Gasteiger partial charge in [0.2, 0.25) is 0 Å². The first-order valence-electron chi connectivity index (χ1n) is 10.4. The van der Waals surface area contributed by atoms with Crippen LogP contribution in [0.3, 0.4) is 0 Å². The van der Waals surface area contributed by atoms with Crippen molar-refractivity contribution in [2.24, 2.45) is 5.92 Å². The molecule has 0 radical (unpaired) electrons. The minimum atomic E-state index is -0.505. The largest absolute Gasteiger partial charge is 0.469 e. The number of rotatable bonds is 3. The molecule has 0 unspecified atom stereocenters. The number of carbonyl (C=O) groups excluding carboxylic acids is 1. The van der Waals surface area contributed by atoms with Gasteiger partial charge in [-0.25, -0.2) is 9.36 Å². The van der Waals surface area contributed by atoms with Gasteiger partial charge in [0.1, 0.15) is 0 Å². The first-order chi connectivity index (χ1) is 15.9. The lowest BCUT2D eigenvalue weighted by molar-refractivity contribution is -0.142. The van der Waals surface area contributed by atoms with Crippen LogP contribution in [0.5, 0.6) is 0 Å². The Bertz CT molecular complexity index is 1450. The van der Waals surface area contributed by atoms with Gasteiger partial charge in [0.25, 0.3) is 5.56 Å². The molecule has 2 aromatic carbocycles. The van der Waals surface area contributed by atoms with Gasteiger partial charge in [-0.15, -0.1) is 0 Å². The second-order valence-corrected chi connectivity index (χ2v) is 8.18. The lowest BCUT2D eigenvalue weighted by atomic mass is 10.0. The number of nitrogens with one attached hydrogen (secondary N) is 1. The lowest BCUT2D eigenvalue weighted by Gasteiger charge is -2.10. The van der Waals surface area contributed by atoms with Crippen LogP contribution < -0.4 is 11.2 Å². The molecule has 0 amide bonds. The topological polar surface area (TPSA) is 94.0 Å². The molecular weight excluding hydrogens is 442 g/mol. The van der Waals surface area contributed by atoms with E-state index in [1.165, 1.54) is 13.3 Å². The lowest BCUT2D eigenvalue weighted by Crippen LogP contribution is -2.34. The van der Waals surface area contributed by atoms with Crippen molar-refractivity contribution >= 4 is 28.5 Å². The molecule has 0 bridgehead atoms. The third kappa shape index (κ3) is 4.73. The van der Waals surface area contributed by atoms with Gasteiger partial charge in [-0.05, 0) is 55.2 Å².